The Bertz CT molecular complexity index is 350. The first-order valence-corrected chi connectivity index (χ1v) is 5.36. The molecule has 2 atom stereocenters. The average Bonchev–Trinajstić information content (AvgIpc) is 2.67. The van der Waals surface area contributed by atoms with Crippen LogP contribution in [0, 0.1) is 11.6 Å². The minimum atomic E-state index is -0.940. The molecule has 1 aromatic carbocycles. The smallest absolute Gasteiger partial charge is 0.200 e. The van der Waals surface area contributed by atoms with Gasteiger partial charge in [-0.1, -0.05) is 6.07 Å². The minimum absolute atomic E-state index is 0.0694. The first-order chi connectivity index (χ1) is 8.04. The van der Waals surface area contributed by atoms with Gasteiger partial charge in [-0.05, 0) is 25.5 Å². The summed E-state index contributed by atoms with van der Waals surface area (Å²) in [5.41, 5.74) is 0. The third-order valence-electron chi connectivity index (χ3n) is 2.35. The summed E-state index contributed by atoms with van der Waals surface area (Å²) in [5.74, 6) is -1.90. The minimum Gasteiger partial charge on any atom is -0.494 e. The van der Waals surface area contributed by atoms with E-state index in [1.807, 2.05) is 6.92 Å². The predicted molar refractivity (Wildman–Crippen MR) is 58.7 cm³/mol. The summed E-state index contributed by atoms with van der Waals surface area (Å²) in [6.07, 6.45) is 1.60. The number of methoxy groups -OCH3 is 1. The van der Waals surface area contributed by atoms with Crippen LogP contribution in [0.25, 0.3) is 0 Å². The Hall–Kier alpha value is -1.20. The van der Waals surface area contributed by atoms with Crippen LogP contribution < -0.4 is 4.74 Å². The van der Waals surface area contributed by atoms with Gasteiger partial charge in [-0.2, -0.15) is 4.39 Å². The van der Waals surface area contributed by atoms with Crippen LogP contribution in [0.15, 0.2) is 18.2 Å². The molecule has 1 aromatic rings. The zero-order valence-electron chi connectivity index (χ0n) is 9.82. The summed E-state index contributed by atoms with van der Waals surface area (Å²) >= 11 is 0. The average molecular weight is 246 g/mol. The van der Waals surface area contributed by atoms with Gasteiger partial charge >= 0.3 is 0 Å². The van der Waals surface area contributed by atoms with Crippen molar-refractivity contribution in [2.24, 2.45) is 0 Å². The van der Waals surface area contributed by atoms with Gasteiger partial charge in [0.25, 0.3) is 0 Å². The molecule has 0 radical (unpaired) electrons. The maximum Gasteiger partial charge on any atom is 0.200 e. The highest BCUT2D eigenvalue weighted by Crippen LogP contribution is 2.17. The highest BCUT2D eigenvalue weighted by atomic mass is 19.2. The first kappa shape index (κ1) is 13.9. The maximum atomic E-state index is 12.5. The van der Waals surface area contributed by atoms with Crippen molar-refractivity contribution in [2.45, 2.75) is 32.2 Å². The van der Waals surface area contributed by atoms with Crippen molar-refractivity contribution in [3.8, 4) is 5.75 Å². The van der Waals surface area contributed by atoms with Crippen LogP contribution in [0.4, 0.5) is 8.78 Å². The Balaban J connectivity index is 0.000000181. The van der Waals surface area contributed by atoms with Gasteiger partial charge in [-0.3, -0.25) is 0 Å². The van der Waals surface area contributed by atoms with Gasteiger partial charge < -0.3 is 14.6 Å². The second-order valence-corrected chi connectivity index (χ2v) is 3.73. The Morgan fingerprint density at radius 2 is 2.06 bits per heavy atom. The van der Waals surface area contributed by atoms with Crippen LogP contribution in [0.1, 0.15) is 19.8 Å². The van der Waals surface area contributed by atoms with E-state index in [1.54, 1.807) is 0 Å². The van der Waals surface area contributed by atoms with Crippen molar-refractivity contribution >= 4 is 0 Å². The lowest BCUT2D eigenvalue weighted by atomic mass is 10.3. The molecule has 1 aliphatic heterocycles. The first-order valence-electron chi connectivity index (χ1n) is 5.36. The molecule has 17 heavy (non-hydrogen) atoms. The molecule has 0 saturated carbocycles. The number of rotatable bonds is 1. The van der Waals surface area contributed by atoms with Crippen LogP contribution in [0.3, 0.4) is 0 Å². The molecule has 96 valence electrons. The molecular formula is C12H16F2O3. The van der Waals surface area contributed by atoms with E-state index >= 15 is 0 Å². The standard InChI is InChI=1S/C7H6F2O.C5H10O2/c1-10-6-4-2-3-5(8)7(6)9;1-4-2-3-5(6)7-4/h2-4H,1H3;4-6H,2-3H2,1H3. The van der Waals surface area contributed by atoms with Crippen molar-refractivity contribution in [3.63, 3.8) is 0 Å². The molecule has 2 rings (SSSR count). The molecule has 0 spiro atoms. The number of ether oxygens (including phenoxy) is 2. The van der Waals surface area contributed by atoms with E-state index in [0.717, 1.165) is 18.9 Å². The number of halogens is 2. The Labute approximate surface area is 99.0 Å². The number of benzene rings is 1. The van der Waals surface area contributed by atoms with E-state index in [4.69, 9.17) is 9.84 Å². The number of aliphatic hydroxyl groups is 1. The molecule has 1 aliphatic rings. The second-order valence-electron chi connectivity index (χ2n) is 3.73. The molecule has 1 heterocycles. The highest BCUT2D eigenvalue weighted by molar-refractivity contribution is 5.24. The zero-order chi connectivity index (χ0) is 12.8. The van der Waals surface area contributed by atoms with Crippen molar-refractivity contribution < 1.29 is 23.4 Å². The fourth-order valence-electron chi connectivity index (χ4n) is 1.42. The molecule has 0 bridgehead atoms. The van der Waals surface area contributed by atoms with E-state index in [1.165, 1.54) is 19.2 Å². The molecule has 5 heteroatoms. The lowest BCUT2D eigenvalue weighted by Gasteiger charge is -2.00. The van der Waals surface area contributed by atoms with Crippen LogP contribution in [0.5, 0.6) is 5.75 Å². The van der Waals surface area contributed by atoms with Gasteiger partial charge in [0.15, 0.2) is 17.9 Å². The Kier molecular flexibility index (Phi) is 5.31. The van der Waals surface area contributed by atoms with Crippen LogP contribution in [-0.2, 0) is 4.74 Å². The summed E-state index contributed by atoms with van der Waals surface area (Å²) in [4.78, 5) is 0. The van der Waals surface area contributed by atoms with Crippen molar-refractivity contribution in [3.05, 3.63) is 29.8 Å². The van der Waals surface area contributed by atoms with E-state index < -0.39 is 17.9 Å². The van der Waals surface area contributed by atoms with E-state index in [2.05, 4.69) is 4.74 Å². The largest absolute Gasteiger partial charge is 0.494 e. The number of hydrogen-bond acceptors (Lipinski definition) is 3. The predicted octanol–water partition coefficient (Wildman–Crippen LogP) is 2.48. The summed E-state index contributed by atoms with van der Waals surface area (Å²) in [6, 6.07) is 3.79. The molecule has 1 saturated heterocycles. The Morgan fingerprint density at radius 3 is 2.41 bits per heavy atom. The topological polar surface area (TPSA) is 38.7 Å². The van der Waals surface area contributed by atoms with Crippen molar-refractivity contribution in [1.82, 2.24) is 0 Å². The molecule has 1 fully saturated rings. The summed E-state index contributed by atoms with van der Waals surface area (Å²) in [5, 5.41) is 8.68. The van der Waals surface area contributed by atoms with E-state index in [9.17, 15) is 8.78 Å². The van der Waals surface area contributed by atoms with Crippen molar-refractivity contribution in [1.29, 1.82) is 0 Å². The fraction of sp³-hybridized carbons (Fsp3) is 0.500. The van der Waals surface area contributed by atoms with Gasteiger partial charge in [-0.15, -0.1) is 0 Å². The third kappa shape index (κ3) is 4.28. The monoisotopic (exact) mass is 246 g/mol. The molecule has 0 aromatic heterocycles. The van der Waals surface area contributed by atoms with Gasteiger partial charge in [0, 0.05) is 6.42 Å². The molecule has 0 aliphatic carbocycles. The maximum absolute atomic E-state index is 12.5. The van der Waals surface area contributed by atoms with Crippen LogP contribution in [0.2, 0.25) is 0 Å². The normalized spacial score (nSPS) is 22.9. The lowest BCUT2D eigenvalue weighted by molar-refractivity contribution is -0.0849. The lowest BCUT2D eigenvalue weighted by Crippen LogP contribution is -2.05. The fourth-order valence-corrected chi connectivity index (χ4v) is 1.42. The van der Waals surface area contributed by atoms with E-state index in [0.29, 0.717) is 0 Å². The van der Waals surface area contributed by atoms with Gasteiger partial charge in [0.2, 0.25) is 5.82 Å². The summed E-state index contributed by atoms with van der Waals surface area (Å²) in [7, 11) is 1.29. The third-order valence-corrected chi connectivity index (χ3v) is 2.35. The molecule has 1 N–H and O–H groups in total. The zero-order valence-corrected chi connectivity index (χ0v) is 9.82. The summed E-state index contributed by atoms with van der Waals surface area (Å²) < 4.78 is 34.2. The number of hydrogen-bond donors (Lipinski definition) is 1. The summed E-state index contributed by atoms with van der Waals surface area (Å²) in [6.45, 7) is 1.97. The van der Waals surface area contributed by atoms with E-state index in [-0.39, 0.29) is 11.9 Å². The molecule has 0 amide bonds. The Morgan fingerprint density at radius 1 is 1.35 bits per heavy atom. The molecule has 2 unspecified atom stereocenters. The molecule has 3 nitrogen and oxygen atoms in total. The van der Waals surface area contributed by atoms with Gasteiger partial charge in [0.05, 0.1) is 13.2 Å². The highest BCUT2D eigenvalue weighted by Gasteiger charge is 2.17. The SMILES string of the molecule is CC1CCC(O)O1.COc1cccc(F)c1F. The van der Waals surface area contributed by atoms with Crippen LogP contribution in [-0.4, -0.2) is 24.6 Å². The second kappa shape index (κ2) is 6.51. The van der Waals surface area contributed by atoms with Crippen LogP contribution >= 0.6 is 0 Å². The van der Waals surface area contributed by atoms with Gasteiger partial charge in [0.1, 0.15) is 0 Å². The van der Waals surface area contributed by atoms with Gasteiger partial charge in [-0.25, -0.2) is 4.39 Å². The van der Waals surface area contributed by atoms with Crippen molar-refractivity contribution in [2.75, 3.05) is 7.11 Å². The quantitative estimate of drug-likeness (QED) is 0.827. The molecular weight excluding hydrogens is 230 g/mol. The number of aliphatic hydroxyl groups excluding tert-OH is 1.